The van der Waals surface area contributed by atoms with Crippen molar-refractivity contribution in [2.45, 2.75) is 178 Å². The molecule has 0 aliphatic heterocycles. The summed E-state index contributed by atoms with van der Waals surface area (Å²) in [5.41, 5.74) is 0. The molecule has 0 N–H and O–H groups in total. The van der Waals surface area contributed by atoms with Crippen LogP contribution in [0, 0.1) is 0 Å². The summed E-state index contributed by atoms with van der Waals surface area (Å²) < 4.78 is 11.3. The molecule has 0 atom stereocenters. The first-order valence-corrected chi connectivity index (χ1v) is 23.4. The Morgan fingerprint density at radius 1 is 0.429 bits per heavy atom. The molecule has 0 amide bonds. The monoisotopic (exact) mass is 604 g/mol. The third kappa shape index (κ3) is 26.6. The van der Waals surface area contributed by atoms with Crippen LogP contribution in [-0.2, 0) is 15.7 Å². The Balaban J connectivity index is 3.61. The van der Waals surface area contributed by atoms with Crippen LogP contribution in [0.2, 0.25) is 9.88 Å². The SMILES string of the molecule is CCCCCCCCCCCCCC(=O)[O][Sn]([CH3])([CH3])[O]C(=O)CCCCCCCCCCCCC. The molecule has 4 nitrogen and oxygen atoms in total. The van der Waals surface area contributed by atoms with Crippen LogP contribution in [-0.4, -0.2) is 31.1 Å². The van der Waals surface area contributed by atoms with Gasteiger partial charge < -0.3 is 0 Å². The van der Waals surface area contributed by atoms with Crippen molar-refractivity contribution in [1.29, 1.82) is 0 Å². The van der Waals surface area contributed by atoms with Crippen LogP contribution in [0.4, 0.5) is 0 Å². The Kier molecular flexibility index (Phi) is 25.2. The number of unbranched alkanes of at least 4 members (excludes halogenated alkanes) is 20. The fraction of sp³-hybridized carbons (Fsp3) is 0.933. The molecule has 0 unspecified atom stereocenters. The molecule has 5 heteroatoms. The first-order chi connectivity index (χ1) is 16.9. The number of carbonyl (C=O) groups excluding carboxylic acids is 2. The molecule has 0 fully saturated rings. The van der Waals surface area contributed by atoms with Crippen LogP contribution in [0.1, 0.15) is 168 Å². The van der Waals surface area contributed by atoms with Crippen molar-refractivity contribution >= 4 is 31.1 Å². The zero-order valence-electron chi connectivity index (χ0n) is 24.1. The van der Waals surface area contributed by atoms with Gasteiger partial charge in [-0.1, -0.05) is 39.5 Å². The van der Waals surface area contributed by atoms with E-state index in [0.717, 1.165) is 25.7 Å². The third-order valence-corrected chi connectivity index (χ3v) is 10.8. The normalized spacial score (nSPS) is 11.5. The van der Waals surface area contributed by atoms with E-state index in [1.54, 1.807) is 0 Å². The summed E-state index contributed by atoms with van der Waals surface area (Å²) in [5.74, 6) is -0.353. The van der Waals surface area contributed by atoms with Gasteiger partial charge in [0.2, 0.25) is 0 Å². The molecular formula is C30H60O4Sn. The Labute approximate surface area is 224 Å². The topological polar surface area (TPSA) is 52.6 Å². The van der Waals surface area contributed by atoms with Gasteiger partial charge in [-0.25, -0.2) is 0 Å². The van der Waals surface area contributed by atoms with Crippen molar-refractivity contribution in [3.63, 3.8) is 0 Å². The van der Waals surface area contributed by atoms with Gasteiger partial charge in [-0.15, -0.1) is 0 Å². The Morgan fingerprint density at radius 3 is 0.914 bits per heavy atom. The zero-order valence-corrected chi connectivity index (χ0v) is 27.0. The van der Waals surface area contributed by atoms with Gasteiger partial charge in [0.25, 0.3) is 0 Å². The summed E-state index contributed by atoms with van der Waals surface area (Å²) >= 11 is -3.52. The first-order valence-electron chi connectivity index (χ1n) is 15.3. The van der Waals surface area contributed by atoms with E-state index in [9.17, 15) is 9.59 Å². The van der Waals surface area contributed by atoms with E-state index in [1.807, 2.05) is 9.88 Å². The van der Waals surface area contributed by atoms with Gasteiger partial charge in [0, 0.05) is 0 Å². The molecule has 0 heterocycles. The van der Waals surface area contributed by atoms with E-state index in [2.05, 4.69) is 13.8 Å². The summed E-state index contributed by atoms with van der Waals surface area (Å²) in [5, 5.41) is 0. The minimum absolute atomic E-state index is 0.177. The number of hydrogen-bond donors (Lipinski definition) is 0. The average Bonchev–Trinajstić information content (AvgIpc) is 2.80. The van der Waals surface area contributed by atoms with Crippen LogP contribution >= 0.6 is 0 Å². The molecule has 208 valence electrons. The quantitative estimate of drug-likeness (QED) is 0.0729. The molecule has 0 aromatic rings. The van der Waals surface area contributed by atoms with Crippen LogP contribution in [0.15, 0.2) is 0 Å². The number of carbonyl (C=O) groups is 2. The van der Waals surface area contributed by atoms with Gasteiger partial charge in [0.05, 0.1) is 0 Å². The minimum atomic E-state index is -3.52. The second-order valence-corrected chi connectivity index (χ2v) is 20.1. The van der Waals surface area contributed by atoms with E-state index < -0.39 is 19.2 Å². The second kappa shape index (κ2) is 25.4. The van der Waals surface area contributed by atoms with Crippen LogP contribution in [0.3, 0.4) is 0 Å². The van der Waals surface area contributed by atoms with Crippen LogP contribution < -0.4 is 0 Å². The predicted octanol–water partition coefficient (Wildman–Crippen LogP) is 10.2. The fourth-order valence-corrected chi connectivity index (χ4v) is 8.37. The summed E-state index contributed by atoms with van der Waals surface area (Å²) in [6.07, 6.45) is 28.7. The minimum Gasteiger partial charge on any atom is -0.0654 e. The molecule has 0 saturated carbocycles. The van der Waals surface area contributed by atoms with Gasteiger partial charge >= 0.3 is 185 Å². The molecule has 0 aromatic carbocycles. The van der Waals surface area contributed by atoms with E-state index in [4.69, 9.17) is 6.15 Å². The standard InChI is InChI=1S/2C14H28O2.2CH3.Sn/c2*1-2-3-4-5-6-7-8-9-10-11-12-13-14(15)16;;;/h2*2-13H2,1H3,(H,15,16);2*1H3;/q;;;;+2/p-2. The van der Waals surface area contributed by atoms with E-state index in [-0.39, 0.29) is 11.9 Å². The van der Waals surface area contributed by atoms with E-state index in [0.29, 0.717) is 12.8 Å². The summed E-state index contributed by atoms with van der Waals surface area (Å²) in [6, 6.07) is 0. The van der Waals surface area contributed by atoms with Gasteiger partial charge in [0.15, 0.2) is 0 Å². The first kappa shape index (κ1) is 34.7. The number of hydrogen-bond acceptors (Lipinski definition) is 4. The molecule has 0 spiro atoms. The van der Waals surface area contributed by atoms with Gasteiger partial charge in [-0.05, 0) is 0 Å². The maximum atomic E-state index is 12.2. The number of rotatable bonds is 26. The van der Waals surface area contributed by atoms with Gasteiger partial charge in [0.1, 0.15) is 0 Å². The maximum absolute atomic E-state index is 12.2. The second-order valence-electron chi connectivity index (χ2n) is 10.9. The van der Waals surface area contributed by atoms with Crippen LogP contribution in [0.25, 0.3) is 0 Å². The Morgan fingerprint density at radius 2 is 0.657 bits per heavy atom. The van der Waals surface area contributed by atoms with Crippen molar-refractivity contribution < 1.29 is 15.7 Å². The van der Waals surface area contributed by atoms with Crippen molar-refractivity contribution in [1.82, 2.24) is 0 Å². The van der Waals surface area contributed by atoms with Crippen molar-refractivity contribution in [2.75, 3.05) is 0 Å². The molecule has 0 rings (SSSR count). The van der Waals surface area contributed by atoms with Gasteiger partial charge in [-0.3, -0.25) is 0 Å². The average molecular weight is 604 g/mol. The third-order valence-electron chi connectivity index (χ3n) is 6.69. The molecular weight excluding hydrogens is 543 g/mol. The fourth-order valence-electron chi connectivity index (χ4n) is 4.54. The smallest absolute Gasteiger partial charge is 0.0654 e. The van der Waals surface area contributed by atoms with Crippen molar-refractivity contribution in [3.05, 3.63) is 0 Å². The Hall–Kier alpha value is -0.261. The molecule has 35 heavy (non-hydrogen) atoms. The molecule has 0 aromatic heterocycles. The summed E-state index contributed by atoms with van der Waals surface area (Å²) in [7, 11) is 0. The summed E-state index contributed by atoms with van der Waals surface area (Å²) in [4.78, 5) is 28.1. The molecule has 0 saturated heterocycles. The van der Waals surface area contributed by atoms with Gasteiger partial charge in [-0.2, -0.15) is 0 Å². The Bertz CT molecular complexity index is 451. The van der Waals surface area contributed by atoms with Crippen LogP contribution in [0.5, 0.6) is 0 Å². The van der Waals surface area contributed by atoms with Crippen molar-refractivity contribution in [3.8, 4) is 0 Å². The predicted molar refractivity (Wildman–Crippen MR) is 152 cm³/mol. The zero-order chi connectivity index (χ0) is 26.0. The molecule has 0 radical (unpaired) electrons. The molecule has 0 bridgehead atoms. The van der Waals surface area contributed by atoms with E-state index in [1.165, 1.54) is 116 Å². The molecule has 0 aliphatic rings. The molecule has 0 aliphatic carbocycles. The van der Waals surface area contributed by atoms with E-state index >= 15 is 0 Å². The van der Waals surface area contributed by atoms with Crippen molar-refractivity contribution in [2.24, 2.45) is 0 Å². The summed E-state index contributed by atoms with van der Waals surface area (Å²) in [6.45, 7) is 4.51.